The van der Waals surface area contributed by atoms with E-state index in [1.165, 1.54) is 0 Å². The van der Waals surface area contributed by atoms with E-state index in [2.05, 4.69) is 5.32 Å². The average molecular weight is 318 g/mol. The number of piperidine rings is 1. The van der Waals surface area contributed by atoms with Crippen molar-refractivity contribution in [2.45, 2.75) is 39.7 Å². The van der Waals surface area contributed by atoms with Gasteiger partial charge in [-0.2, -0.15) is 0 Å². The topological polar surface area (TPSA) is 69.6 Å². The Morgan fingerprint density at radius 2 is 1.78 bits per heavy atom. The highest BCUT2D eigenvalue weighted by molar-refractivity contribution is 5.96. The lowest BCUT2D eigenvalue weighted by molar-refractivity contribution is -0.132. The van der Waals surface area contributed by atoms with E-state index in [0.717, 1.165) is 24.0 Å². The number of carbonyl (C=O) groups excluding carboxylic acids is 2. The first-order valence-corrected chi connectivity index (χ1v) is 8.19. The molecule has 126 valence electrons. The summed E-state index contributed by atoms with van der Waals surface area (Å²) in [5.41, 5.74) is 2.64. The van der Waals surface area contributed by atoms with Crippen molar-refractivity contribution in [1.82, 2.24) is 10.2 Å². The van der Waals surface area contributed by atoms with Crippen LogP contribution in [0.15, 0.2) is 18.2 Å². The predicted octanol–water partition coefficient (Wildman–Crippen LogP) is 1.65. The quantitative estimate of drug-likeness (QED) is 0.887. The smallest absolute Gasteiger partial charge is 0.251 e. The standard InChI is InChI=1S/C18H26N2O3/c1-12-8-13(2)10-16(9-12)18(23)19-11-17(22)20-6-4-15(5-7-20)14(3)21/h8-10,14-15,21H,4-7,11H2,1-3H3,(H,19,23). The molecule has 0 aromatic heterocycles. The zero-order valence-electron chi connectivity index (χ0n) is 14.1. The van der Waals surface area contributed by atoms with Crippen LogP contribution in [0.1, 0.15) is 41.3 Å². The largest absolute Gasteiger partial charge is 0.393 e. The summed E-state index contributed by atoms with van der Waals surface area (Å²) >= 11 is 0. The molecule has 0 radical (unpaired) electrons. The zero-order chi connectivity index (χ0) is 17.0. The minimum absolute atomic E-state index is 0.0190. The number of benzene rings is 1. The molecule has 2 rings (SSSR count). The first-order valence-electron chi connectivity index (χ1n) is 8.19. The molecule has 1 aliphatic heterocycles. The van der Waals surface area contributed by atoms with Crippen LogP contribution in [0.4, 0.5) is 0 Å². The second-order valence-corrected chi connectivity index (χ2v) is 6.52. The number of aliphatic hydroxyl groups excluding tert-OH is 1. The van der Waals surface area contributed by atoms with Crippen LogP contribution in [0, 0.1) is 19.8 Å². The molecule has 0 bridgehead atoms. The van der Waals surface area contributed by atoms with Crippen LogP contribution in [0.3, 0.4) is 0 Å². The van der Waals surface area contributed by atoms with E-state index in [-0.39, 0.29) is 30.4 Å². The average Bonchev–Trinajstić information content (AvgIpc) is 2.51. The normalized spacial score (nSPS) is 17.0. The van der Waals surface area contributed by atoms with Crippen molar-refractivity contribution in [3.63, 3.8) is 0 Å². The fraction of sp³-hybridized carbons (Fsp3) is 0.556. The molecule has 0 aliphatic carbocycles. The number of carbonyl (C=O) groups is 2. The minimum Gasteiger partial charge on any atom is -0.393 e. The molecule has 23 heavy (non-hydrogen) atoms. The van der Waals surface area contributed by atoms with Crippen molar-refractivity contribution in [3.05, 3.63) is 34.9 Å². The number of aryl methyl sites for hydroxylation is 2. The summed E-state index contributed by atoms with van der Waals surface area (Å²) in [7, 11) is 0. The molecular weight excluding hydrogens is 292 g/mol. The molecule has 1 unspecified atom stereocenters. The summed E-state index contributed by atoms with van der Waals surface area (Å²) < 4.78 is 0. The number of likely N-dealkylation sites (tertiary alicyclic amines) is 1. The number of nitrogens with zero attached hydrogens (tertiary/aromatic N) is 1. The van der Waals surface area contributed by atoms with Gasteiger partial charge < -0.3 is 15.3 Å². The van der Waals surface area contributed by atoms with Gasteiger partial charge in [0.05, 0.1) is 12.6 Å². The van der Waals surface area contributed by atoms with Gasteiger partial charge in [-0.1, -0.05) is 17.2 Å². The van der Waals surface area contributed by atoms with Gasteiger partial charge in [-0.15, -0.1) is 0 Å². The van der Waals surface area contributed by atoms with Crippen LogP contribution in [-0.4, -0.2) is 47.6 Å². The fourth-order valence-electron chi connectivity index (χ4n) is 3.11. The Kier molecular flexibility index (Phi) is 5.77. The summed E-state index contributed by atoms with van der Waals surface area (Å²) in [6.07, 6.45) is 1.31. The van der Waals surface area contributed by atoms with E-state index in [1.807, 2.05) is 32.0 Å². The second kappa shape index (κ2) is 7.59. The maximum Gasteiger partial charge on any atom is 0.251 e. The lowest BCUT2D eigenvalue weighted by Gasteiger charge is -2.33. The van der Waals surface area contributed by atoms with Gasteiger partial charge in [0.25, 0.3) is 5.91 Å². The Morgan fingerprint density at radius 3 is 2.30 bits per heavy atom. The molecule has 0 spiro atoms. The maximum atomic E-state index is 12.2. The summed E-state index contributed by atoms with van der Waals surface area (Å²) in [4.78, 5) is 26.1. The van der Waals surface area contributed by atoms with Gasteiger partial charge in [-0.3, -0.25) is 9.59 Å². The second-order valence-electron chi connectivity index (χ2n) is 6.52. The SMILES string of the molecule is Cc1cc(C)cc(C(=O)NCC(=O)N2CCC(C(C)O)CC2)c1. The summed E-state index contributed by atoms with van der Waals surface area (Å²) in [5.74, 6) is -0.0142. The predicted molar refractivity (Wildman–Crippen MR) is 89.2 cm³/mol. The number of hydrogen-bond acceptors (Lipinski definition) is 3. The third kappa shape index (κ3) is 4.79. The van der Waals surface area contributed by atoms with Crippen molar-refractivity contribution >= 4 is 11.8 Å². The molecule has 1 aliphatic rings. The van der Waals surface area contributed by atoms with E-state index in [9.17, 15) is 14.7 Å². The van der Waals surface area contributed by atoms with Crippen molar-refractivity contribution in [2.24, 2.45) is 5.92 Å². The highest BCUT2D eigenvalue weighted by Crippen LogP contribution is 2.20. The Balaban J connectivity index is 1.83. The van der Waals surface area contributed by atoms with Gasteiger partial charge in [0.2, 0.25) is 5.91 Å². The van der Waals surface area contributed by atoms with Crippen molar-refractivity contribution in [2.75, 3.05) is 19.6 Å². The molecule has 1 aromatic rings. The Morgan fingerprint density at radius 1 is 1.22 bits per heavy atom. The van der Waals surface area contributed by atoms with Crippen molar-refractivity contribution < 1.29 is 14.7 Å². The Hall–Kier alpha value is -1.88. The van der Waals surface area contributed by atoms with E-state index in [0.29, 0.717) is 18.7 Å². The number of amides is 2. The number of nitrogens with one attached hydrogen (secondary N) is 1. The van der Waals surface area contributed by atoms with Gasteiger partial charge in [-0.25, -0.2) is 0 Å². The van der Waals surface area contributed by atoms with Crippen LogP contribution < -0.4 is 5.32 Å². The van der Waals surface area contributed by atoms with E-state index in [1.54, 1.807) is 11.8 Å². The molecule has 1 heterocycles. The van der Waals surface area contributed by atoms with Crippen molar-refractivity contribution in [1.29, 1.82) is 0 Å². The number of hydrogen-bond donors (Lipinski definition) is 2. The van der Waals surface area contributed by atoms with Gasteiger partial charge in [0.1, 0.15) is 0 Å². The molecule has 2 amide bonds. The molecule has 5 heteroatoms. The van der Waals surface area contributed by atoms with Gasteiger partial charge in [0, 0.05) is 18.7 Å². The van der Waals surface area contributed by atoms with Crippen molar-refractivity contribution in [3.8, 4) is 0 Å². The molecule has 1 saturated heterocycles. The molecule has 1 fully saturated rings. The number of aliphatic hydroxyl groups is 1. The number of rotatable bonds is 4. The highest BCUT2D eigenvalue weighted by atomic mass is 16.3. The monoisotopic (exact) mass is 318 g/mol. The maximum absolute atomic E-state index is 12.2. The minimum atomic E-state index is -0.323. The summed E-state index contributed by atoms with van der Waals surface area (Å²) in [6.45, 7) is 7.00. The highest BCUT2D eigenvalue weighted by Gasteiger charge is 2.25. The van der Waals surface area contributed by atoms with E-state index < -0.39 is 0 Å². The first kappa shape index (κ1) is 17.5. The summed E-state index contributed by atoms with van der Waals surface area (Å²) in [5, 5.41) is 12.3. The molecule has 1 aromatic carbocycles. The van der Waals surface area contributed by atoms with Crippen LogP contribution in [0.2, 0.25) is 0 Å². The van der Waals surface area contributed by atoms with Crippen LogP contribution in [0.5, 0.6) is 0 Å². The third-order valence-corrected chi connectivity index (χ3v) is 4.46. The Labute approximate surface area is 137 Å². The van der Waals surface area contributed by atoms with Gasteiger partial charge >= 0.3 is 0 Å². The van der Waals surface area contributed by atoms with Gasteiger partial charge in [0.15, 0.2) is 0 Å². The molecule has 1 atom stereocenters. The molecule has 2 N–H and O–H groups in total. The molecular formula is C18H26N2O3. The van der Waals surface area contributed by atoms with Crippen LogP contribution in [0.25, 0.3) is 0 Å². The van der Waals surface area contributed by atoms with Gasteiger partial charge in [-0.05, 0) is 51.7 Å². The molecule has 0 saturated carbocycles. The van der Waals surface area contributed by atoms with Crippen LogP contribution in [-0.2, 0) is 4.79 Å². The third-order valence-electron chi connectivity index (χ3n) is 4.46. The lowest BCUT2D eigenvalue weighted by Crippen LogP contribution is -2.45. The van der Waals surface area contributed by atoms with E-state index >= 15 is 0 Å². The zero-order valence-corrected chi connectivity index (χ0v) is 14.1. The fourth-order valence-corrected chi connectivity index (χ4v) is 3.11. The first-order chi connectivity index (χ1) is 10.9. The Bertz CT molecular complexity index is 555. The van der Waals surface area contributed by atoms with Crippen LogP contribution >= 0.6 is 0 Å². The van der Waals surface area contributed by atoms with E-state index in [4.69, 9.17) is 0 Å². The summed E-state index contributed by atoms with van der Waals surface area (Å²) in [6, 6.07) is 5.65. The lowest BCUT2D eigenvalue weighted by atomic mass is 9.92. The molecule has 5 nitrogen and oxygen atoms in total.